The number of fused-ring (bicyclic) bond motifs is 1. The lowest BCUT2D eigenvalue weighted by atomic mass is 10.2. The molecule has 1 heterocycles. The Kier molecular flexibility index (Phi) is 2.18. The number of H-pyrrole nitrogens is 1. The maximum Gasteiger partial charge on any atom is 0.135 e. The molecule has 0 saturated heterocycles. The van der Waals surface area contributed by atoms with Crippen molar-refractivity contribution in [2.45, 2.75) is 0 Å². The molecule has 0 fully saturated rings. The second-order valence-electron chi connectivity index (χ2n) is 2.60. The van der Waals surface area contributed by atoms with E-state index in [1.165, 1.54) is 6.33 Å². The molecule has 2 rings (SSSR count). The molecular weight excluding hydrogens is 162 g/mol. The first-order chi connectivity index (χ1) is 6.47. The molecule has 0 aliphatic heterocycles. The number of aromatic amines is 1. The highest BCUT2D eigenvalue weighted by molar-refractivity contribution is 5.76. The van der Waals surface area contributed by atoms with Crippen LogP contribution in [0.3, 0.4) is 0 Å². The van der Waals surface area contributed by atoms with Crippen molar-refractivity contribution in [3.63, 3.8) is 0 Å². The maximum atomic E-state index is 3.92. The van der Waals surface area contributed by atoms with E-state index in [0.717, 1.165) is 10.9 Å². The van der Waals surface area contributed by atoms with Crippen molar-refractivity contribution in [1.29, 1.82) is 0 Å². The van der Waals surface area contributed by atoms with Crippen molar-refractivity contribution in [3.05, 3.63) is 48.9 Å². The van der Waals surface area contributed by atoms with Gasteiger partial charge in [0.05, 0.1) is 5.52 Å². The molecule has 13 heavy (non-hydrogen) atoms. The van der Waals surface area contributed by atoms with E-state index in [1.807, 2.05) is 36.4 Å². The molecule has 64 valence electrons. The molecule has 0 atom stereocenters. The second-order valence-corrected chi connectivity index (χ2v) is 2.60. The van der Waals surface area contributed by atoms with Gasteiger partial charge >= 0.3 is 0 Å². The zero-order valence-electron chi connectivity index (χ0n) is 7.01. The Hall–Kier alpha value is -1.90. The summed E-state index contributed by atoms with van der Waals surface area (Å²) in [7, 11) is 0. The fourth-order valence-corrected chi connectivity index (χ4v) is 1.11. The number of hydrogen-bond donors (Lipinski definition) is 1. The molecular formula is C10H9N3. The van der Waals surface area contributed by atoms with E-state index in [1.54, 1.807) is 6.20 Å². The summed E-state index contributed by atoms with van der Waals surface area (Å²) in [6.45, 7) is 0. The number of benzene rings is 1. The van der Waals surface area contributed by atoms with E-state index in [4.69, 9.17) is 0 Å². The van der Waals surface area contributed by atoms with Gasteiger partial charge in [0, 0.05) is 6.20 Å². The van der Waals surface area contributed by atoms with Gasteiger partial charge in [-0.1, -0.05) is 24.3 Å². The van der Waals surface area contributed by atoms with Crippen LogP contribution in [0.5, 0.6) is 0 Å². The first-order valence-electron chi connectivity index (χ1n) is 4.03. The first kappa shape index (κ1) is 7.73. The van der Waals surface area contributed by atoms with Crippen LogP contribution in [-0.2, 0) is 0 Å². The molecule has 0 aliphatic rings. The van der Waals surface area contributed by atoms with Gasteiger partial charge in [-0.2, -0.15) is 5.10 Å². The Bertz CT molecular complexity index is 406. The SMILES string of the molecule is c1ccc2[nH]ncncccc2c1. The number of para-hydroxylation sites is 1. The fourth-order valence-electron chi connectivity index (χ4n) is 1.11. The standard InChI is InChI=1S/C10H9N3/c1-2-6-10-9(4-1)5-3-7-11-8-12-13-10/h1-8,13H. The number of aromatic nitrogens is 3. The van der Waals surface area contributed by atoms with Gasteiger partial charge in [0.15, 0.2) is 0 Å². The summed E-state index contributed by atoms with van der Waals surface area (Å²) >= 11 is 0. The molecule has 1 aromatic carbocycles. The van der Waals surface area contributed by atoms with E-state index < -0.39 is 0 Å². The largest absolute Gasteiger partial charge is 0.276 e. The van der Waals surface area contributed by atoms with Crippen LogP contribution in [0.1, 0.15) is 0 Å². The van der Waals surface area contributed by atoms with Gasteiger partial charge < -0.3 is 0 Å². The number of nitrogens with zero attached hydrogens (tertiary/aromatic N) is 2. The summed E-state index contributed by atoms with van der Waals surface area (Å²) in [6, 6.07) is 11.8. The van der Waals surface area contributed by atoms with Crippen LogP contribution >= 0.6 is 0 Å². The lowest BCUT2D eigenvalue weighted by molar-refractivity contribution is 1.04. The molecule has 0 unspecified atom stereocenters. The minimum atomic E-state index is 0.987. The van der Waals surface area contributed by atoms with E-state index in [9.17, 15) is 0 Å². The third-order valence-corrected chi connectivity index (χ3v) is 1.72. The first-order valence-corrected chi connectivity index (χ1v) is 4.03. The molecule has 3 nitrogen and oxygen atoms in total. The fraction of sp³-hybridized carbons (Fsp3) is 0. The Morgan fingerprint density at radius 1 is 1.00 bits per heavy atom. The Morgan fingerprint density at radius 3 is 2.85 bits per heavy atom. The Labute approximate surface area is 75.8 Å². The summed E-state index contributed by atoms with van der Waals surface area (Å²) in [5, 5.41) is 7.93. The highest BCUT2D eigenvalue weighted by atomic mass is 15.1. The number of nitrogens with one attached hydrogen (secondary N) is 1. The van der Waals surface area contributed by atoms with E-state index in [-0.39, 0.29) is 0 Å². The smallest absolute Gasteiger partial charge is 0.135 e. The van der Waals surface area contributed by atoms with Crippen LogP contribution < -0.4 is 0 Å². The minimum Gasteiger partial charge on any atom is -0.276 e. The highest BCUT2D eigenvalue weighted by Crippen LogP contribution is 2.05. The molecule has 1 N–H and O–H groups in total. The Morgan fingerprint density at radius 2 is 1.85 bits per heavy atom. The van der Waals surface area contributed by atoms with Gasteiger partial charge in [0.2, 0.25) is 0 Å². The molecule has 0 aliphatic carbocycles. The predicted octanol–water partition coefficient (Wildman–Crippen LogP) is 2.08. The zero-order chi connectivity index (χ0) is 8.93. The van der Waals surface area contributed by atoms with Crippen molar-refractivity contribution in [2.75, 3.05) is 0 Å². The molecule has 0 bridgehead atoms. The molecule has 0 saturated carbocycles. The van der Waals surface area contributed by atoms with Crippen LogP contribution in [0.2, 0.25) is 0 Å². The molecule has 0 radical (unpaired) electrons. The second kappa shape index (κ2) is 3.67. The summed E-state index contributed by atoms with van der Waals surface area (Å²) < 4.78 is 0. The summed E-state index contributed by atoms with van der Waals surface area (Å²) in [5.74, 6) is 0. The van der Waals surface area contributed by atoms with E-state index >= 15 is 0 Å². The van der Waals surface area contributed by atoms with Gasteiger partial charge in [0.25, 0.3) is 0 Å². The van der Waals surface area contributed by atoms with Gasteiger partial charge in [-0.15, -0.1) is 0 Å². The summed E-state index contributed by atoms with van der Waals surface area (Å²) in [5.41, 5.74) is 0.987. The van der Waals surface area contributed by atoms with Gasteiger partial charge in [-0.05, 0) is 17.5 Å². The number of hydrogen-bond acceptors (Lipinski definition) is 2. The van der Waals surface area contributed by atoms with Crippen LogP contribution in [0.25, 0.3) is 10.9 Å². The van der Waals surface area contributed by atoms with E-state index in [2.05, 4.69) is 15.2 Å². The average molecular weight is 171 g/mol. The third kappa shape index (κ3) is 1.82. The van der Waals surface area contributed by atoms with E-state index in [0.29, 0.717) is 0 Å². The Balaban J connectivity index is 2.82. The third-order valence-electron chi connectivity index (χ3n) is 1.72. The van der Waals surface area contributed by atoms with Crippen molar-refractivity contribution < 1.29 is 0 Å². The normalized spacial score (nSPS) is 9.54. The lowest BCUT2D eigenvalue weighted by Gasteiger charge is -1.88. The van der Waals surface area contributed by atoms with Gasteiger partial charge in [-0.3, -0.25) is 5.10 Å². The van der Waals surface area contributed by atoms with Gasteiger partial charge in [-0.25, -0.2) is 4.98 Å². The maximum absolute atomic E-state index is 3.92. The van der Waals surface area contributed by atoms with Crippen LogP contribution in [0.4, 0.5) is 0 Å². The van der Waals surface area contributed by atoms with Crippen LogP contribution in [0, 0.1) is 0 Å². The summed E-state index contributed by atoms with van der Waals surface area (Å²) in [6.07, 6.45) is 3.18. The monoisotopic (exact) mass is 171 g/mol. The molecule has 0 spiro atoms. The van der Waals surface area contributed by atoms with Crippen molar-refractivity contribution >= 4 is 10.9 Å². The van der Waals surface area contributed by atoms with Crippen LogP contribution in [0.15, 0.2) is 48.9 Å². The molecule has 0 amide bonds. The highest BCUT2D eigenvalue weighted by Gasteiger charge is 1.84. The lowest BCUT2D eigenvalue weighted by Crippen LogP contribution is -1.75. The van der Waals surface area contributed by atoms with Crippen molar-refractivity contribution in [2.24, 2.45) is 0 Å². The average Bonchev–Trinajstić information content (AvgIpc) is 2.28. The van der Waals surface area contributed by atoms with Gasteiger partial charge in [0.1, 0.15) is 6.33 Å². The predicted molar refractivity (Wildman–Crippen MR) is 51.5 cm³/mol. The number of rotatable bonds is 0. The topological polar surface area (TPSA) is 41.6 Å². The van der Waals surface area contributed by atoms with Crippen LogP contribution in [-0.4, -0.2) is 15.2 Å². The molecule has 3 heteroatoms. The molecule has 2 aromatic rings. The summed E-state index contributed by atoms with van der Waals surface area (Å²) in [4.78, 5) is 3.91. The minimum absolute atomic E-state index is 0.987. The van der Waals surface area contributed by atoms with Crippen molar-refractivity contribution in [3.8, 4) is 0 Å². The van der Waals surface area contributed by atoms with Crippen molar-refractivity contribution in [1.82, 2.24) is 15.2 Å². The quantitative estimate of drug-likeness (QED) is 0.659. The molecule has 1 aromatic heterocycles. The zero-order valence-corrected chi connectivity index (χ0v) is 7.01.